The van der Waals surface area contributed by atoms with Crippen molar-refractivity contribution >= 4 is 35.5 Å². The topological polar surface area (TPSA) is 237 Å². The van der Waals surface area contributed by atoms with Crippen molar-refractivity contribution < 1.29 is 33.9 Å². The van der Waals surface area contributed by atoms with Crippen molar-refractivity contribution in [2.75, 3.05) is 0 Å². The van der Waals surface area contributed by atoms with Gasteiger partial charge in [-0.05, 0) is 17.9 Å². The fraction of sp³-hybridized carbons (Fsp3) is 0.478. The number of nitrogens with one attached hydrogen (secondary N) is 3. The van der Waals surface area contributed by atoms with Gasteiger partial charge in [-0.25, -0.2) is 4.79 Å². The molecule has 198 valence electrons. The van der Waals surface area contributed by atoms with Crippen LogP contribution in [0.5, 0.6) is 0 Å². The summed E-state index contributed by atoms with van der Waals surface area (Å²) in [6, 6.07) is 3.38. The molecule has 0 fully saturated rings. The highest BCUT2D eigenvalue weighted by Gasteiger charge is 2.31. The second-order valence-corrected chi connectivity index (χ2v) is 8.79. The summed E-state index contributed by atoms with van der Waals surface area (Å²) in [5.41, 5.74) is 16.5. The van der Waals surface area contributed by atoms with Crippen LogP contribution in [0.3, 0.4) is 0 Å². The van der Waals surface area contributed by atoms with Crippen LogP contribution in [0.1, 0.15) is 38.7 Å². The van der Waals surface area contributed by atoms with E-state index in [9.17, 15) is 33.9 Å². The molecule has 5 amide bonds. The number of rotatable bonds is 15. The van der Waals surface area contributed by atoms with Gasteiger partial charge in [0.25, 0.3) is 0 Å². The SMILES string of the molecule is CC(C)CC(NC(=O)C(CC(N)=O)NC(=O)C(N)CC(N)=O)C(=O)NC(Cc1ccccc1)C(=O)O. The van der Waals surface area contributed by atoms with E-state index in [1.165, 1.54) is 0 Å². The minimum absolute atomic E-state index is 0.0162. The first-order valence-electron chi connectivity index (χ1n) is 11.3. The Balaban J connectivity index is 3.01. The van der Waals surface area contributed by atoms with Crippen LogP contribution in [-0.2, 0) is 35.2 Å². The van der Waals surface area contributed by atoms with Gasteiger partial charge in [-0.15, -0.1) is 0 Å². The number of benzene rings is 1. The fourth-order valence-corrected chi connectivity index (χ4v) is 3.30. The molecule has 1 aromatic carbocycles. The molecule has 0 aliphatic heterocycles. The fourth-order valence-electron chi connectivity index (χ4n) is 3.30. The number of amides is 5. The van der Waals surface area contributed by atoms with Crippen molar-refractivity contribution in [1.82, 2.24) is 16.0 Å². The third-order valence-electron chi connectivity index (χ3n) is 5.03. The summed E-state index contributed by atoms with van der Waals surface area (Å²) in [6.45, 7) is 3.58. The highest BCUT2D eigenvalue weighted by Crippen LogP contribution is 2.09. The van der Waals surface area contributed by atoms with Crippen LogP contribution in [-0.4, -0.2) is 64.8 Å². The van der Waals surface area contributed by atoms with Gasteiger partial charge in [0, 0.05) is 6.42 Å². The van der Waals surface area contributed by atoms with E-state index in [2.05, 4.69) is 16.0 Å². The van der Waals surface area contributed by atoms with E-state index in [4.69, 9.17) is 17.2 Å². The second-order valence-electron chi connectivity index (χ2n) is 8.79. The first-order chi connectivity index (χ1) is 16.8. The zero-order valence-electron chi connectivity index (χ0n) is 20.2. The van der Waals surface area contributed by atoms with Crippen molar-refractivity contribution in [3.8, 4) is 0 Å². The normalized spacial score (nSPS) is 14.1. The lowest BCUT2D eigenvalue weighted by Crippen LogP contribution is -2.58. The van der Waals surface area contributed by atoms with Crippen LogP contribution in [0.25, 0.3) is 0 Å². The summed E-state index contributed by atoms with van der Waals surface area (Å²) in [6.07, 6.45) is -0.953. The van der Waals surface area contributed by atoms with Crippen molar-refractivity contribution in [1.29, 1.82) is 0 Å². The van der Waals surface area contributed by atoms with Crippen LogP contribution in [0.15, 0.2) is 30.3 Å². The van der Waals surface area contributed by atoms with Crippen molar-refractivity contribution in [2.45, 2.75) is 63.7 Å². The van der Waals surface area contributed by atoms with E-state index in [0.717, 1.165) is 0 Å². The molecule has 0 bridgehead atoms. The maximum atomic E-state index is 13.0. The van der Waals surface area contributed by atoms with Crippen molar-refractivity contribution in [3.05, 3.63) is 35.9 Å². The smallest absolute Gasteiger partial charge is 0.326 e. The van der Waals surface area contributed by atoms with Crippen LogP contribution >= 0.6 is 0 Å². The summed E-state index contributed by atoms with van der Waals surface area (Å²) in [4.78, 5) is 72.4. The summed E-state index contributed by atoms with van der Waals surface area (Å²) < 4.78 is 0. The highest BCUT2D eigenvalue weighted by molar-refractivity contribution is 5.96. The van der Waals surface area contributed by atoms with Gasteiger partial charge in [0.05, 0.1) is 18.9 Å². The predicted molar refractivity (Wildman–Crippen MR) is 129 cm³/mol. The summed E-state index contributed by atoms with van der Waals surface area (Å²) in [7, 11) is 0. The standard InChI is InChI=1S/C23H34N6O7/c1-12(2)8-15(21(33)29-17(23(35)36)9-13-6-4-3-5-7-13)28-22(34)16(11-19(26)31)27-20(32)14(24)10-18(25)30/h3-7,12,14-17H,8-11,24H2,1-2H3,(H2,25,30)(H2,26,31)(H,27,32)(H,28,34)(H,29,33)(H,35,36). The van der Waals surface area contributed by atoms with E-state index in [0.29, 0.717) is 5.56 Å². The Kier molecular flexibility index (Phi) is 12.0. The van der Waals surface area contributed by atoms with Crippen LogP contribution in [0.4, 0.5) is 0 Å². The zero-order chi connectivity index (χ0) is 27.4. The van der Waals surface area contributed by atoms with Gasteiger partial charge in [-0.1, -0.05) is 44.2 Å². The number of carboxylic acid groups (broad SMARTS) is 1. The lowest BCUT2D eigenvalue weighted by molar-refractivity contribution is -0.142. The van der Waals surface area contributed by atoms with Crippen LogP contribution in [0.2, 0.25) is 0 Å². The van der Waals surface area contributed by atoms with E-state index in [1.54, 1.807) is 44.2 Å². The molecule has 0 aromatic heterocycles. The Morgan fingerprint density at radius 1 is 0.778 bits per heavy atom. The second kappa shape index (κ2) is 14.4. The van der Waals surface area contributed by atoms with E-state index < -0.39 is 72.5 Å². The summed E-state index contributed by atoms with van der Waals surface area (Å²) in [5.74, 6) is -5.70. The van der Waals surface area contributed by atoms with Gasteiger partial charge in [0.1, 0.15) is 18.1 Å². The number of hydrogen-bond donors (Lipinski definition) is 7. The molecule has 1 rings (SSSR count). The molecule has 0 spiro atoms. The van der Waals surface area contributed by atoms with Crippen molar-refractivity contribution in [3.63, 3.8) is 0 Å². The summed E-state index contributed by atoms with van der Waals surface area (Å²) in [5, 5.41) is 16.7. The maximum absolute atomic E-state index is 13.0. The monoisotopic (exact) mass is 506 g/mol. The Hall–Kier alpha value is -4.00. The lowest BCUT2D eigenvalue weighted by Gasteiger charge is -2.25. The average molecular weight is 507 g/mol. The molecule has 13 heteroatoms. The molecule has 0 saturated carbocycles. The van der Waals surface area contributed by atoms with Gasteiger partial charge in [0.2, 0.25) is 29.5 Å². The van der Waals surface area contributed by atoms with E-state index in [-0.39, 0.29) is 18.8 Å². The molecule has 4 unspecified atom stereocenters. The minimum Gasteiger partial charge on any atom is -0.480 e. The van der Waals surface area contributed by atoms with Crippen molar-refractivity contribution in [2.24, 2.45) is 23.1 Å². The number of hydrogen-bond acceptors (Lipinski definition) is 7. The van der Waals surface area contributed by atoms with Crippen LogP contribution in [0, 0.1) is 5.92 Å². The van der Waals surface area contributed by atoms with Crippen LogP contribution < -0.4 is 33.2 Å². The number of carbonyl (C=O) groups excluding carboxylic acids is 5. The lowest BCUT2D eigenvalue weighted by atomic mass is 10.0. The van der Waals surface area contributed by atoms with Gasteiger partial charge in [0.15, 0.2) is 0 Å². The van der Waals surface area contributed by atoms with E-state index >= 15 is 0 Å². The van der Waals surface area contributed by atoms with Gasteiger partial charge in [-0.2, -0.15) is 0 Å². The third-order valence-corrected chi connectivity index (χ3v) is 5.03. The molecule has 0 heterocycles. The third kappa shape index (κ3) is 11.0. The predicted octanol–water partition coefficient (Wildman–Crippen LogP) is -2.11. The molecule has 10 N–H and O–H groups in total. The molecule has 0 aliphatic rings. The zero-order valence-corrected chi connectivity index (χ0v) is 20.2. The largest absolute Gasteiger partial charge is 0.480 e. The number of nitrogens with two attached hydrogens (primary N) is 3. The average Bonchev–Trinajstić information content (AvgIpc) is 2.77. The molecular weight excluding hydrogens is 472 g/mol. The highest BCUT2D eigenvalue weighted by atomic mass is 16.4. The first kappa shape index (κ1) is 30.0. The number of primary amides is 2. The molecule has 0 aliphatic carbocycles. The quantitative estimate of drug-likeness (QED) is 0.139. The molecule has 1 aromatic rings. The van der Waals surface area contributed by atoms with E-state index in [1.807, 2.05) is 0 Å². The Morgan fingerprint density at radius 2 is 1.28 bits per heavy atom. The molecule has 0 radical (unpaired) electrons. The molecule has 36 heavy (non-hydrogen) atoms. The molecule has 4 atom stereocenters. The summed E-state index contributed by atoms with van der Waals surface area (Å²) >= 11 is 0. The molecule has 0 saturated heterocycles. The first-order valence-corrected chi connectivity index (χ1v) is 11.3. The Morgan fingerprint density at radius 3 is 1.78 bits per heavy atom. The Labute approximate surface area is 208 Å². The molecule has 13 nitrogen and oxygen atoms in total. The van der Waals surface area contributed by atoms with Gasteiger partial charge in [-0.3, -0.25) is 24.0 Å². The van der Waals surface area contributed by atoms with Gasteiger partial charge >= 0.3 is 5.97 Å². The number of carboxylic acids is 1. The maximum Gasteiger partial charge on any atom is 0.326 e. The Bertz CT molecular complexity index is 954. The van der Waals surface area contributed by atoms with Gasteiger partial charge < -0.3 is 38.3 Å². The number of aliphatic carboxylic acids is 1. The minimum atomic E-state index is -1.49. The number of carbonyl (C=O) groups is 6. The molecular formula is C23H34N6O7.